The highest BCUT2D eigenvalue weighted by Gasteiger charge is 2.32. The van der Waals surface area contributed by atoms with E-state index in [4.69, 9.17) is 16.3 Å². The van der Waals surface area contributed by atoms with Crippen molar-refractivity contribution in [3.8, 4) is 5.75 Å². The van der Waals surface area contributed by atoms with E-state index in [9.17, 15) is 13.2 Å². The maximum absolute atomic E-state index is 12.9. The first-order chi connectivity index (χ1) is 13.6. The average molecular weight is 439 g/mol. The number of carbonyl (C=O) groups is 1. The molecule has 2 aromatic rings. The van der Waals surface area contributed by atoms with Gasteiger partial charge < -0.3 is 10.1 Å². The molecule has 0 fully saturated rings. The summed E-state index contributed by atoms with van der Waals surface area (Å²) < 4.78 is 31.8. The van der Waals surface area contributed by atoms with Crippen LogP contribution in [0, 0.1) is 6.92 Å². The number of amides is 1. The zero-order valence-electron chi connectivity index (χ0n) is 17.1. The van der Waals surface area contributed by atoms with E-state index in [2.05, 4.69) is 5.32 Å². The number of sulfonamides is 1. The SMILES string of the molecule is CC[C@H](C(=O)N[C@H](C)COc1ccccc1C)N(c1cccc(Cl)c1)S(C)(=O)=O. The molecule has 0 bridgehead atoms. The number of benzene rings is 2. The standard InChI is InChI=1S/C21H27ClN2O4S/c1-5-19(24(29(4,26)27)18-11-8-10-17(22)13-18)21(25)23-16(3)14-28-20-12-7-6-9-15(20)2/h6-13,16,19H,5,14H2,1-4H3,(H,23,25)/t16-,19-/m1/s1. The molecule has 6 nitrogen and oxygen atoms in total. The average Bonchev–Trinajstić information content (AvgIpc) is 2.64. The van der Waals surface area contributed by atoms with Crippen LogP contribution >= 0.6 is 11.6 Å². The molecule has 0 unspecified atom stereocenters. The summed E-state index contributed by atoms with van der Waals surface area (Å²) in [4.78, 5) is 12.9. The Morgan fingerprint density at radius 1 is 1.21 bits per heavy atom. The number of aryl methyl sites for hydroxylation is 1. The van der Waals surface area contributed by atoms with Crippen molar-refractivity contribution in [2.75, 3.05) is 17.2 Å². The number of hydrogen-bond acceptors (Lipinski definition) is 4. The number of nitrogens with zero attached hydrogens (tertiary/aromatic N) is 1. The van der Waals surface area contributed by atoms with Crippen molar-refractivity contribution >= 4 is 33.2 Å². The molecule has 0 radical (unpaired) electrons. The maximum Gasteiger partial charge on any atom is 0.244 e. The van der Waals surface area contributed by atoms with Gasteiger partial charge in [-0.3, -0.25) is 9.10 Å². The fourth-order valence-corrected chi connectivity index (χ4v) is 4.38. The van der Waals surface area contributed by atoms with Gasteiger partial charge in [0.15, 0.2) is 0 Å². The molecule has 2 aromatic carbocycles. The quantitative estimate of drug-likeness (QED) is 0.646. The van der Waals surface area contributed by atoms with Crippen LogP contribution in [0.4, 0.5) is 5.69 Å². The molecule has 0 saturated carbocycles. The van der Waals surface area contributed by atoms with E-state index < -0.39 is 22.0 Å². The van der Waals surface area contributed by atoms with Gasteiger partial charge >= 0.3 is 0 Å². The number of ether oxygens (including phenoxy) is 1. The normalized spacial score (nSPS) is 13.4. The topological polar surface area (TPSA) is 75.7 Å². The monoisotopic (exact) mass is 438 g/mol. The van der Waals surface area contributed by atoms with Crippen LogP contribution < -0.4 is 14.4 Å². The van der Waals surface area contributed by atoms with E-state index >= 15 is 0 Å². The third-order valence-electron chi connectivity index (χ3n) is 4.36. The van der Waals surface area contributed by atoms with Crippen LogP contribution in [0.5, 0.6) is 5.75 Å². The highest BCUT2D eigenvalue weighted by atomic mass is 35.5. The molecule has 158 valence electrons. The molecule has 8 heteroatoms. The van der Waals surface area contributed by atoms with E-state index in [-0.39, 0.29) is 12.6 Å². The van der Waals surface area contributed by atoms with Gasteiger partial charge in [0, 0.05) is 5.02 Å². The lowest BCUT2D eigenvalue weighted by Gasteiger charge is -2.31. The Morgan fingerprint density at radius 3 is 2.48 bits per heavy atom. The summed E-state index contributed by atoms with van der Waals surface area (Å²) in [6, 6.07) is 12.9. The van der Waals surface area contributed by atoms with Crippen molar-refractivity contribution in [1.82, 2.24) is 5.32 Å². The zero-order chi connectivity index (χ0) is 21.6. The lowest BCUT2D eigenvalue weighted by molar-refractivity contribution is -0.123. The molecule has 0 aliphatic heterocycles. The highest BCUT2D eigenvalue weighted by molar-refractivity contribution is 7.92. The van der Waals surface area contributed by atoms with E-state index in [0.717, 1.165) is 21.9 Å². The second kappa shape index (κ2) is 9.98. The van der Waals surface area contributed by atoms with Gasteiger partial charge in [-0.1, -0.05) is 42.8 Å². The van der Waals surface area contributed by atoms with Gasteiger partial charge in [-0.2, -0.15) is 0 Å². The molecule has 1 N–H and O–H groups in total. The van der Waals surface area contributed by atoms with Crippen LogP contribution in [-0.2, 0) is 14.8 Å². The molecule has 1 amide bonds. The van der Waals surface area contributed by atoms with Crippen molar-refractivity contribution in [2.45, 2.75) is 39.3 Å². The van der Waals surface area contributed by atoms with E-state index in [1.165, 1.54) is 6.07 Å². The van der Waals surface area contributed by atoms with Crippen LogP contribution in [0.1, 0.15) is 25.8 Å². The predicted molar refractivity (Wildman–Crippen MR) is 117 cm³/mol. The summed E-state index contributed by atoms with van der Waals surface area (Å²) in [5.41, 5.74) is 1.35. The Hall–Kier alpha value is -2.25. The molecule has 2 atom stereocenters. The maximum atomic E-state index is 12.9. The first-order valence-electron chi connectivity index (χ1n) is 9.37. The summed E-state index contributed by atoms with van der Waals surface area (Å²) in [7, 11) is -3.71. The number of nitrogens with one attached hydrogen (secondary N) is 1. The summed E-state index contributed by atoms with van der Waals surface area (Å²) in [5.74, 6) is 0.358. The first-order valence-corrected chi connectivity index (χ1v) is 11.6. The van der Waals surface area contributed by atoms with Crippen LogP contribution in [0.15, 0.2) is 48.5 Å². The molecule has 0 aromatic heterocycles. The van der Waals surface area contributed by atoms with Crippen molar-refractivity contribution in [3.63, 3.8) is 0 Å². The number of rotatable bonds is 9. The van der Waals surface area contributed by atoms with Crippen molar-refractivity contribution in [1.29, 1.82) is 0 Å². The van der Waals surface area contributed by atoms with Crippen LogP contribution in [-0.4, -0.2) is 39.3 Å². The Balaban J connectivity index is 2.13. The second-order valence-electron chi connectivity index (χ2n) is 6.95. The first kappa shape index (κ1) is 23.0. The number of carbonyl (C=O) groups excluding carboxylic acids is 1. The Labute approximate surface area is 177 Å². The number of halogens is 1. The smallest absolute Gasteiger partial charge is 0.244 e. The Morgan fingerprint density at radius 2 is 1.90 bits per heavy atom. The summed E-state index contributed by atoms with van der Waals surface area (Å²) >= 11 is 6.02. The lowest BCUT2D eigenvalue weighted by Crippen LogP contribution is -2.52. The number of anilines is 1. The van der Waals surface area contributed by atoms with E-state index in [1.54, 1.807) is 25.1 Å². The van der Waals surface area contributed by atoms with Gasteiger partial charge in [0.25, 0.3) is 0 Å². The van der Waals surface area contributed by atoms with E-state index in [1.807, 2.05) is 38.1 Å². The number of para-hydroxylation sites is 1. The van der Waals surface area contributed by atoms with Crippen molar-refractivity contribution in [3.05, 3.63) is 59.1 Å². The Kier molecular flexibility index (Phi) is 7.93. The molecule has 2 rings (SSSR count). The minimum Gasteiger partial charge on any atom is -0.491 e. The van der Waals surface area contributed by atoms with Crippen molar-refractivity contribution < 1.29 is 17.9 Å². The van der Waals surface area contributed by atoms with Crippen LogP contribution in [0.3, 0.4) is 0 Å². The molecule has 0 aliphatic carbocycles. The molecule has 0 aliphatic rings. The Bertz CT molecular complexity index is 949. The van der Waals surface area contributed by atoms with Gasteiger partial charge in [-0.05, 0) is 50.1 Å². The van der Waals surface area contributed by atoms with Crippen molar-refractivity contribution in [2.24, 2.45) is 0 Å². The zero-order valence-corrected chi connectivity index (χ0v) is 18.6. The third-order valence-corrected chi connectivity index (χ3v) is 5.78. The molecule has 0 saturated heterocycles. The van der Waals surface area contributed by atoms with Gasteiger partial charge in [-0.15, -0.1) is 0 Å². The van der Waals surface area contributed by atoms with Gasteiger partial charge in [-0.25, -0.2) is 8.42 Å². The van der Waals surface area contributed by atoms with Gasteiger partial charge in [0.05, 0.1) is 18.0 Å². The molecular formula is C21H27ClN2O4S. The fourth-order valence-electron chi connectivity index (χ4n) is 2.99. The second-order valence-corrected chi connectivity index (χ2v) is 9.24. The summed E-state index contributed by atoms with van der Waals surface area (Å²) in [6.45, 7) is 5.79. The largest absolute Gasteiger partial charge is 0.491 e. The van der Waals surface area contributed by atoms with Gasteiger partial charge in [0.1, 0.15) is 18.4 Å². The van der Waals surface area contributed by atoms with Gasteiger partial charge in [0.2, 0.25) is 15.9 Å². The minimum atomic E-state index is -3.71. The molecule has 0 spiro atoms. The van der Waals surface area contributed by atoms with Crippen LogP contribution in [0.2, 0.25) is 5.02 Å². The summed E-state index contributed by atoms with van der Waals surface area (Å²) in [5, 5.41) is 3.25. The molecular weight excluding hydrogens is 412 g/mol. The highest BCUT2D eigenvalue weighted by Crippen LogP contribution is 2.25. The number of hydrogen-bond donors (Lipinski definition) is 1. The summed E-state index contributed by atoms with van der Waals surface area (Å²) in [6.07, 6.45) is 1.38. The minimum absolute atomic E-state index is 0.267. The predicted octanol–water partition coefficient (Wildman–Crippen LogP) is 3.78. The third kappa shape index (κ3) is 6.37. The molecule has 0 heterocycles. The fraction of sp³-hybridized carbons (Fsp3) is 0.381. The van der Waals surface area contributed by atoms with E-state index in [0.29, 0.717) is 17.1 Å². The molecule has 29 heavy (non-hydrogen) atoms. The lowest BCUT2D eigenvalue weighted by atomic mass is 10.1. The van der Waals surface area contributed by atoms with Crippen LogP contribution in [0.25, 0.3) is 0 Å².